The highest BCUT2D eigenvalue weighted by molar-refractivity contribution is 14.2. The number of rotatable bonds is 6. The molecule has 1 aromatic heterocycles. The summed E-state index contributed by atoms with van der Waals surface area (Å²) in [5.74, 6) is 0.949. The van der Waals surface area contributed by atoms with Crippen molar-refractivity contribution >= 4 is 42.2 Å². The van der Waals surface area contributed by atoms with Crippen LogP contribution in [0.1, 0.15) is 10.4 Å². The minimum absolute atomic E-state index is 0.0118. The van der Waals surface area contributed by atoms with Crippen molar-refractivity contribution < 1.29 is 9.53 Å². The normalized spacial score (nSPS) is 9.67. The van der Waals surface area contributed by atoms with Gasteiger partial charge in [-0.15, -0.1) is 4.91 Å². The van der Waals surface area contributed by atoms with Crippen LogP contribution in [0.3, 0.4) is 0 Å². The lowest BCUT2D eigenvalue weighted by Crippen LogP contribution is -2.03. The fraction of sp³-hybridized carbons (Fsp3) is 0.250. The van der Waals surface area contributed by atoms with E-state index in [1.807, 2.05) is 0 Å². The summed E-state index contributed by atoms with van der Waals surface area (Å²) in [5.41, 5.74) is 0.320. The summed E-state index contributed by atoms with van der Waals surface area (Å²) in [7, 11) is 1.59. The molecule has 0 atom stereocenters. The first kappa shape index (κ1) is 12.4. The Morgan fingerprint density at radius 1 is 1.60 bits per heavy atom. The molecule has 0 aliphatic carbocycles. The molecule has 80 valence electrons. The number of nitroso groups, excluding NO2 is 1. The maximum atomic E-state index is 10.6. The molecule has 1 aromatic rings. The van der Waals surface area contributed by atoms with Crippen molar-refractivity contribution in [2.24, 2.45) is 5.18 Å². The summed E-state index contributed by atoms with van der Waals surface area (Å²) in [5, 5.41) is 2.67. The number of hydrogen-bond donors (Lipinski definition) is 0. The van der Waals surface area contributed by atoms with Crippen LogP contribution in [0.4, 0.5) is 5.82 Å². The predicted octanol–water partition coefficient (Wildman–Crippen LogP) is 2.75. The second kappa shape index (κ2) is 6.72. The van der Waals surface area contributed by atoms with E-state index in [0.717, 1.165) is 5.75 Å². The molecule has 0 fully saturated rings. The van der Waals surface area contributed by atoms with Crippen molar-refractivity contribution in [3.05, 3.63) is 22.6 Å². The quantitative estimate of drug-likeness (QED) is 0.345. The molecule has 15 heavy (non-hydrogen) atoms. The number of pyridine rings is 1. The van der Waals surface area contributed by atoms with Crippen LogP contribution in [0, 0.1) is 4.91 Å². The molecule has 1 rings (SSSR count). The van der Waals surface area contributed by atoms with E-state index in [1.165, 1.54) is 12.1 Å². The van der Waals surface area contributed by atoms with E-state index in [4.69, 9.17) is 4.74 Å². The monoisotopic (exact) mass is 338 g/mol. The molecule has 0 spiro atoms. The van der Waals surface area contributed by atoms with Gasteiger partial charge in [-0.2, -0.15) is 4.98 Å². The number of ether oxygens (including phenoxy) is 1. The summed E-state index contributed by atoms with van der Waals surface area (Å²) in [6, 6.07) is 2.83. The summed E-state index contributed by atoms with van der Waals surface area (Å²) < 4.78 is 5.24. The van der Waals surface area contributed by atoms with Gasteiger partial charge in [0.1, 0.15) is 0 Å². The number of hydrogen-bond acceptors (Lipinski definition) is 6. The highest BCUT2D eigenvalue weighted by Crippen LogP contribution is 2.19. The molecule has 7 heteroatoms. The molecule has 0 aliphatic heterocycles. The second-order valence-corrected chi connectivity index (χ2v) is 4.93. The van der Waals surface area contributed by atoms with Gasteiger partial charge >= 0.3 is 0 Å². The molecule has 0 saturated carbocycles. The van der Waals surface area contributed by atoms with Gasteiger partial charge in [-0.1, -0.05) is 8.93 Å². The third kappa shape index (κ3) is 3.74. The van der Waals surface area contributed by atoms with E-state index in [9.17, 15) is 9.70 Å². The average molecular weight is 338 g/mol. The lowest BCUT2D eigenvalue weighted by molar-refractivity contribution is 0.111. The smallest absolute Gasteiger partial charge is 0.226 e. The largest absolute Gasteiger partial charge is 0.476 e. The number of nitrogens with zero attached hydrogens (tertiary/aromatic N) is 2. The van der Waals surface area contributed by atoms with E-state index in [-0.39, 0.29) is 11.7 Å². The molecule has 0 N–H and O–H groups in total. The Bertz CT molecular complexity index is 362. The van der Waals surface area contributed by atoms with Crippen LogP contribution in [0.2, 0.25) is 0 Å². The number of aldehydes is 1. The van der Waals surface area contributed by atoms with Gasteiger partial charge in [-0.25, -0.2) is 0 Å². The molecule has 0 aromatic carbocycles. The summed E-state index contributed by atoms with van der Waals surface area (Å²) in [4.78, 5) is 24.6. The molecule has 0 unspecified atom stereocenters. The predicted molar refractivity (Wildman–Crippen MR) is 67.1 cm³/mol. The van der Waals surface area contributed by atoms with Crippen molar-refractivity contribution in [2.75, 3.05) is 12.4 Å². The maximum absolute atomic E-state index is 10.6. The van der Waals surface area contributed by atoms with Crippen LogP contribution < -0.4 is 4.74 Å². The zero-order chi connectivity index (χ0) is 11.1. The molecule has 0 aliphatic rings. The molecular formula is C8H7IN2O3S. The number of halogens is 1. The van der Waals surface area contributed by atoms with Gasteiger partial charge in [0.25, 0.3) is 0 Å². The Balaban J connectivity index is 2.81. The molecular weight excluding hydrogens is 331 g/mol. The van der Waals surface area contributed by atoms with Crippen molar-refractivity contribution in [3.63, 3.8) is 0 Å². The van der Waals surface area contributed by atoms with E-state index in [0.29, 0.717) is 18.5 Å². The van der Waals surface area contributed by atoms with Crippen molar-refractivity contribution in [3.8, 4) is 5.88 Å². The highest BCUT2D eigenvalue weighted by atomic mass is 127. The van der Waals surface area contributed by atoms with Crippen LogP contribution in [-0.4, -0.2) is 23.6 Å². The standard InChI is InChI=1S/C8H7IN2O3S/c9-15-4-3-14-8-6(5-12)1-2-7(10-8)11-13/h1-2,5H,3-4H2. The van der Waals surface area contributed by atoms with Crippen LogP contribution in [-0.2, 0) is 0 Å². The van der Waals surface area contributed by atoms with Crippen molar-refractivity contribution in [2.45, 2.75) is 0 Å². The average Bonchev–Trinajstić information content (AvgIpc) is 2.29. The first-order valence-electron chi connectivity index (χ1n) is 3.97. The third-order valence-electron chi connectivity index (χ3n) is 1.49. The van der Waals surface area contributed by atoms with Crippen molar-refractivity contribution in [1.29, 1.82) is 0 Å². The topological polar surface area (TPSA) is 68.6 Å². The first-order chi connectivity index (χ1) is 7.31. The van der Waals surface area contributed by atoms with Gasteiger partial charge < -0.3 is 4.74 Å². The maximum Gasteiger partial charge on any atom is 0.226 e. The Kier molecular flexibility index (Phi) is 5.54. The van der Waals surface area contributed by atoms with Crippen LogP contribution in [0.25, 0.3) is 0 Å². The molecule has 0 saturated heterocycles. The van der Waals surface area contributed by atoms with Crippen molar-refractivity contribution in [1.82, 2.24) is 4.98 Å². The number of carbonyl (C=O) groups excluding carboxylic acids is 1. The molecule has 5 nitrogen and oxygen atoms in total. The Hall–Kier alpha value is -0.700. The first-order valence-corrected chi connectivity index (χ1v) is 7.50. The van der Waals surface area contributed by atoms with Gasteiger partial charge in [0, 0.05) is 5.75 Å². The van der Waals surface area contributed by atoms with E-state index >= 15 is 0 Å². The minimum atomic E-state index is 0.0118. The number of carbonyl (C=O) groups is 1. The van der Waals surface area contributed by atoms with Gasteiger partial charge in [0.05, 0.1) is 12.2 Å². The second-order valence-electron chi connectivity index (χ2n) is 2.43. The third-order valence-corrected chi connectivity index (χ3v) is 3.14. The Morgan fingerprint density at radius 3 is 3.00 bits per heavy atom. The SMILES string of the molecule is O=Cc1ccc(N=O)nc1OCCSI. The lowest BCUT2D eigenvalue weighted by Gasteiger charge is -2.05. The zero-order valence-corrected chi connectivity index (χ0v) is 10.5. The summed E-state index contributed by atoms with van der Waals surface area (Å²) in [6.45, 7) is 0.434. The van der Waals surface area contributed by atoms with Crippen LogP contribution in [0.5, 0.6) is 5.88 Å². The Morgan fingerprint density at radius 2 is 2.40 bits per heavy atom. The lowest BCUT2D eigenvalue weighted by atomic mass is 10.3. The van der Waals surface area contributed by atoms with Crippen LogP contribution in [0.15, 0.2) is 17.3 Å². The molecule has 0 radical (unpaired) electrons. The summed E-state index contributed by atoms with van der Waals surface area (Å²) >= 11 is 2.14. The van der Waals surface area contributed by atoms with E-state index < -0.39 is 0 Å². The van der Waals surface area contributed by atoms with Gasteiger partial charge in [-0.05, 0) is 38.5 Å². The summed E-state index contributed by atoms with van der Waals surface area (Å²) in [6.07, 6.45) is 0.633. The molecule has 0 amide bonds. The van der Waals surface area contributed by atoms with Gasteiger partial charge in [0.2, 0.25) is 5.88 Å². The van der Waals surface area contributed by atoms with Gasteiger partial charge in [-0.3, -0.25) is 4.79 Å². The Labute approximate surface area is 103 Å². The van der Waals surface area contributed by atoms with Crippen LogP contribution >= 0.6 is 30.1 Å². The van der Waals surface area contributed by atoms with E-state index in [1.54, 1.807) is 8.93 Å². The fourth-order valence-corrected chi connectivity index (χ4v) is 1.55. The van der Waals surface area contributed by atoms with Gasteiger partial charge in [0.15, 0.2) is 12.1 Å². The fourth-order valence-electron chi connectivity index (χ4n) is 0.867. The van der Waals surface area contributed by atoms with E-state index in [2.05, 4.69) is 31.4 Å². The minimum Gasteiger partial charge on any atom is -0.476 e. The number of aromatic nitrogens is 1. The molecule has 0 bridgehead atoms. The zero-order valence-electron chi connectivity index (χ0n) is 7.55. The molecule has 1 heterocycles. The highest BCUT2D eigenvalue weighted by Gasteiger charge is 2.06.